The minimum absolute atomic E-state index is 0.178. The van der Waals surface area contributed by atoms with E-state index in [4.69, 9.17) is 5.14 Å². The van der Waals surface area contributed by atoms with Crippen molar-refractivity contribution in [3.63, 3.8) is 0 Å². The van der Waals surface area contributed by atoms with E-state index in [0.717, 1.165) is 12.1 Å². The Balaban J connectivity index is 2.09. The van der Waals surface area contributed by atoms with Gasteiger partial charge in [0.05, 0.1) is 0 Å². The van der Waals surface area contributed by atoms with Crippen LogP contribution in [-0.2, 0) is 10.0 Å². The molecule has 0 aliphatic carbocycles. The van der Waals surface area contributed by atoms with E-state index in [1.54, 1.807) is 0 Å². The first kappa shape index (κ1) is 20.6. The van der Waals surface area contributed by atoms with Gasteiger partial charge in [0.25, 0.3) is 5.91 Å². The fourth-order valence-electron chi connectivity index (χ4n) is 2.61. The minimum atomic E-state index is -4.55. The minimum Gasteiger partial charge on any atom is -0.350 e. The van der Waals surface area contributed by atoms with Gasteiger partial charge >= 0.3 is 6.18 Å². The molecule has 0 bridgehead atoms. The number of rotatable bonds is 5. The number of halogens is 4. The molecule has 1 saturated heterocycles. The summed E-state index contributed by atoms with van der Waals surface area (Å²) in [5, 5.41) is 9.87. The van der Waals surface area contributed by atoms with Crippen molar-refractivity contribution in [1.82, 2.24) is 15.5 Å². The average molecular weight is 398 g/mol. The third kappa shape index (κ3) is 5.13. The first-order valence-electron chi connectivity index (χ1n) is 7.62. The van der Waals surface area contributed by atoms with Crippen molar-refractivity contribution >= 4 is 15.9 Å². The molecule has 7 nitrogen and oxygen atoms in total. The molecule has 1 amide bonds. The summed E-state index contributed by atoms with van der Waals surface area (Å²) in [5.74, 6) is -2.20. The van der Waals surface area contributed by atoms with E-state index in [0.29, 0.717) is 19.2 Å². The lowest BCUT2D eigenvalue weighted by molar-refractivity contribution is -0.183. The summed E-state index contributed by atoms with van der Waals surface area (Å²) in [6.07, 6.45) is -4.55. The SMILES string of the molecule is NS(=O)(=O)c1ccc(C(=O)NCC(N2CCNCC2)C(F)(F)F)cc1F. The second-order valence-electron chi connectivity index (χ2n) is 5.74. The standard InChI is InChI=1S/C14H18F4N4O3S/c15-10-7-9(1-2-11(10)26(19,24)25)13(23)21-8-12(14(16,17)18)22-5-3-20-4-6-22/h1-2,7,12,20H,3-6,8H2,(H,21,23)(H2,19,24,25). The topological polar surface area (TPSA) is 105 Å². The molecular weight excluding hydrogens is 380 g/mol. The van der Waals surface area contributed by atoms with Gasteiger partial charge in [0.2, 0.25) is 10.0 Å². The monoisotopic (exact) mass is 398 g/mol. The van der Waals surface area contributed by atoms with E-state index in [9.17, 15) is 30.8 Å². The number of sulfonamides is 1. The van der Waals surface area contributed by atoms with Crippen molar-refractivity contribution < 1.29 is 30.8 Å². The fourth-order valence-corrected chi connectivity index (χ4v) is 3.20. The first-order valence-corrected chi connectivity index (χ1v) is 9.17. The number of carbonyl (C=O) groups is 1. The first-order chi connectivity index (χ1) is 12.0. The Morgan fingerprint density at radius 1 is 1.31 bits per heavy atom. The maximum Gasteiger partial charge on any atom is 0.405 e. The molecule has 0 aromatic heterocycles. The van der Waals surface area contributed by atoms with Crippen LogP contribution in [0, 0.1) is 5.82 Å². The molecule has 146 valence electrons. The third-order valence-corrected chi connectivity index (χ3v) is 4.87. The predicted molar refractivity (Wildman–Crippen MR) is 84.4 cm³/mol. The molecule has 2 rings (SSSR count). The fraction of sp³-hybridized carbons (Fsp3) is 0.500. The van der Waals surface area contributed by atoms with Crippen LogP contribution in [0.25, 0.3) is 0 Å². The number of nitrogens with one attached hydrogen (secondary N) is 2. The van der Waals surface area contributed by atoms with Gasteiger partial charge in [-0.2, -0.15) is 13.2 Å². The van der Waals surface area contributed by atoms with Gasteiger partial charge in [-0.1, -0.05) is 0 Å². The Bertz CT molecular complexity index is 764. The van der Waals surface area contributed by atoms with Crippen LogP contribution < -0.4 is 15.8 Å². The van der Waals surface area contributed by atoms with Crippen LogP contribution in [0.3, 0.4) is 0 Å². The quantitative estimate of drug-likeness (QED) is 0.608. The molecule has 12 heteroatoms. The van der Waals surface area contributed by atoms with Crippen molar-refractivity contribution in [3.8, 4) is 0 Å². The van der Waals surface area contributed by atoms with Crippen LogP contribution in [0.15, 0.2) is 23.1 Å². The van der Waals surface area contributed by atoms with Crippen molar-refractivity contribution in [2.45, 2.75) is 17.1 Å². The van der Waals surface area contributed by atoms with E-state index >= 15 is 0 Å². The lowest BCUT2D eigenvalue weighted by atomic mass is 10.1. The summed E-state index contributed by atoms with van der Waals surface area (Å²) in [6.45, 7) is 0.456. The lowest BCUT2D eigenvalue weighted by Crippen LogP contribution is -2.57. The molecule has 1 atom stereocenters. The molecule has 1 aromatic rings. The van der Waals surface area contributed by atoms with Gasteiger partial charge in [-0.3, -0.25) is 9.69 Å². The molecule has 0 radical (unpaired) electrons. The zero-order chi connectivity index (χ0) is 19.5. The van der Waals surface area contributed by atoms with Gasteiger partial charge < -0.3 is 10.6 Å². The maximum absolute atomic E-state index is 13.8. The number of piperazine rings is 1. The number of carbonyl (C=O) groups excluding carboxylic acids is 1. The second kappa shape index (κ2) is 7.86. The van der Waals surface area contributed by atoms with Gasteiger partial charge in [-0.15, -0.1) is 0 Å². The Kier molecular flexibility index (Phi) is 6.21. The van der Waals surface area contributed by atoms with Crippen LogP contribution in [-0.4, -0.2) is 64.2 Å². The molecular formula is C14H18F4N4O3S. The van der Waals surface area contributed by atoms with Gasteiger partial charge in [-0.05, 0) is 18.2 Å². The van der Waals surface area contributed by atoms with E-state index in [2.05, 4.69) is 10.6 Å². The van der Waals surface area contributed by atoms with Crippen LogP contribution in [0.5, 0.6) is 0 Å². The molecule has 1 aromatic carbocycles. The van der Waals surface area contributed by atoms with Gasteiger partial charge in [-0.25, -0.2) is 17.9 Å². The lowest BCUT2D eigenvalue weighted by Gasteiger charge is -2.35. The molecule has 1 aliphatic rings. The molecule has 1 unspecified atom stereocenters. The van der Waals surface area contributed by atoms with Crippen molar-refractivity contribution in [2.75, 3.05) is 32.7 Å². The third-order valence-electron chi connectivity index (χ3n) is 3.93. The normalized spacial score (nSPS) is 17.7. The number of nitrogens with two attached hydrogens (primary N) is 1. The van der Waals surface area contributed by atoms with Crippen molar-refractivity contribution in [2.24, 2.45) is 5.14 Å². The zero-order valence-corrected chi connectivity index (χ0v) is 14.3. The molecule has 26 heavy (non-hydrogen) atoms. The summed E-state index contributed by atoms with van der Waals surface area (Å²) in [7, 11) is -4.30. The van der Waals surface area contributed by atoms with Crippen LogP contribution >= 0.6 is 0 Å². The number of hydrogen-bond acceptors (Lipinski definition) is 5. The van der Waals surface area contributed by atoms with E-state index in [1.165, 1.54) is 4.90 Å². The average Bonchev–Trinajstić information content (AvgIpc) is 2.53. The summed E-state index contributed by atoms with van der Waals surface area (Å²) in [4.78, 5) is 12.4. The smallest absolute Gasteiger partial charge is 0.350 e. The zero-order valence-electron chi connectivity index (χ0n) is 13.5. The van der Waals surface area contributed by atoms with Gasteiger partial charge in [0.15, 0.2) is 0 Å². The summed E-state index contributed by atoms with van der Waals surface area (Å²) in [6, 6.07) is 0.507. The predicted octanol–water partition coefficient (Wildman–Crippen LogP) is 0.0390. The van der Waals surface area contributed by atoms with Gasteiger partial charge in [0.1, 0.15) is 16.8 Å². The van der Waals surface area contributed by atoms with Crippen LogP contribution in [0.2, 0.25) is 0 Å². The summed E-state index contributed by atoms with van der Waals surface area (Å²) < 4.78 is 75.8. The van der Waals surface area contributed by atoms with Crippen molar-refractivity contribution in [3.05, 3.63) is 29.6 Å². The Morgan fingerprint density at radius 2 is 1.92 bits per heavy atom. The van der Waals surface area contributed by atoms with E-state index in [1.807, 2.05) is 0 Å². The van der Waals surface area contributed by atoms with Crippen LogP contribution in [0.4, 0.5) is 17.6 Å². The summed E-state index contributed by atoms with van der Waals surface area (Å²) in [5.41, 5.74) is -0.309. The highest BCUT2D eigenvalue weighted by Crippen LogP contribution is 2.25. The molecule has 1 fully saturated rings. The Morgan fingerprint density at radius 3 is 2.42 bits per heavy atom. The van der Waals surface area contributed by atoms with Crippen molar-refractivity contribution in [1.29, 1.82) is 0 Å². The Hall–Kier alpha value is -1.76. The number of nitrogens with zero attached hydrogens (tertiary/aromatic N) is 1. The maximum atomic E-state index is 13.8. The number of hydrogen-bond donors (Lipinski definition) is 3. The van der Waals surface area contributed by atoms with E-state index < -0.39 is 45.4 Å². The largest absolute Gasteiger partial charge is 0.405 e. The highest BCUT2D eigenvalue weighted by Gasteiger charge is 2.43. The number of benzene rings is 1. The van der Waals surface area contributed by atoms with E-state index in [-0.39, 0.29) is 18.7 Å². The van der Waals surface area contributed by atoms with Crippen LogP contribution in [0.1, 0.15) is 10.4 Å². The number of primary sulfonamides is 1. The molecule has 0 saturated carbocycles. The Labute approximate surface area is 147 Å². The molecule has 0 spiro atoms. The summed E-state index contributed by atoms with van der Waals surface area (Å²) >= 11 is 0. The highest BCUT2D eigenvalue weighted by atomic mass is 32.2. The molecule has 4 N–H and O–H groups in total. The molecule has 1 aliphatic heterocycles. The van der Waals surface area contributed by atoms with Gasteiger partial charge in [0, 0.05) is 38.3 Å². The number of alkyl halides is 3. The highest BCUT2D eigenvalue weighted by molar-refractivity contribution is 7.89. The molecule has 1 heterocycles. The second-order valence-corrected chi connectivity index (χ2v) is 7.27. The number of amides is 1.